The molecule has 32 heavy (non-hydrogen) atoms. The standard InChI is InChI=1S/C21H19F2N7O2/c1-12-8-18(32-11-15-16(22)4-3-5-17(15)23)20-27-13(2)19(30(20)10-12)21(31)28-14(6-7-24)9-26-29-25/h3-5,8,10,14H,6,9,11H2,1-2H3,(H,28,31). The Hall–Kier alpha value is -4.16. The van der Waals surface area contributed by atoms with Crippen molar-refractivity contribution in [3.05, 3.63) is 75.1 Å². The van der Waals surface area contributed by atoms with Crippen molar-refractivity contribution in [2.75, 3.05) is 6.54 Å². The number of hydrogen-bond acceptors (Lipinski definition) is 5. The number of halogens is 2. The predicted molar refractivity (Wildman–Crippen MR) is 111 cm³/mol. The zero-order valence-corrected chi connectivity index (χ0v) is 17.3. The van der Waals surface area contributed by atoms with Gasteiger partial charge in [0.2, 0.25) is 0 Å². The highest BCUT2D eigenvalue weighted by Gasteiger charge is 2.22. The number of imidazole rings is 1. The Labute approximate surface area is 181 Å². The molecule has 0 aliphatic heterocycles. The lowest BCUT2D eigenvalue weighted by Crippen LogP contribution is -2.37. The maximum atomic E-state index is 13.9. The summed E-state index contributed by atoms with van der Waals surface area (Å²) in [5.41, 5.74) is 9.88. The van der Waals surface area contributed by atoms with Gasteiger partial charge in [-0.15, -0.1) is 0 Å². The number of amides is 1. The molecular formula is C21H19F2N7O2. The molecule has 0 radical (unpaired) electrons. The Morgan fingerprint density at radius 3 is 2.78 bits per heavy atom. The monoisotopic (exact) mass is 439 g/mol. The molecule has 0 fully saturated rings. The van der Waals surface area contributed by atoms with Gasteiger partial charge in [0.05, 0.1) is 23.7 Å². The van der Waals surface area contributed by atoms with E-state index in [4.69, 9.17) is 15.5 Å². The number of azide groups is 1. The minimum absolute atomic E-state index is 0.0395. The van der Waals surface area contributed by atoms with Gasteiger partial charge in [-0.1, -0.05) is 11.2 Å². The van der Waals surface area contributed by atoms with E-state index in [0.29, 0.717) is 11.3 Å². The second kappa shape index (κ2) is 9.76. The van der Waals surface area contributed by atoms with Crippen LogP contribution in [0.1, 0.15) is 33.7 Å². The van der Waals surface area contributed by atoms with Crippen LogP contribution in [0.15, 0.2) is 35.6 Å². The molecule has 3 rings (SSSR count). The fourth-order valence-corrected chi connectivity index (χ4v) is 3.22. The zero-order chi connectivity index (χ0) is 23.3. The maximum absolute atomic E-state index is 13.9. The van der Waals surface area contributed by atoms with Crippen molar-refractivity contribution in [3.8, 4) is 11.8 Å². The number of hydrogen-bond donors (Lipinski definition) is 1. The number of pyridine rings is 1. The first-order valence-electron chi connectivity index (χ1n) is 9.59. The van der Waals surface area contributed by atoms with Crippen LogP contribution < -0.4 is 10.1 Å². The fourth-order valence-electron chi connectivity index (χ4n) is 3.22. The third-order valence-corrected chi connectivity index (χ3v) is 4.68. The van der Waals surface area contributed by atoms with Gasteiger partial charge >= 0.3 is 0 Å². The Morgan fingerprint density at radius 2 is 2.12 bits per heavy atom. The van der Waals surface area contributed by atoms with Crippen molar-refractivity contribution in [1.82, 2.24) is 14.7 Å². The molecule has 2 heterocycles. The fraction of sp³-hybridized carbons (Fsp3) is 0.286. The lowest BCUT2D eigenvalue weighted by Gasteiger charge is -2.14. The van der Waals surface area contributed by atoms with Crippen molar-refractivity contribution in [1.29, 1.82) is 5.26 Å². The van der Waals surface area contributed by atoms with Crippen LogP contribution in [0, 0.1) is 36.8 Å². The molecule has 1 atom stereocenters. The van der Waals surface area contributed by atoms with E-state index in [0.717, 1.165) is 17.7 Å². The molecule has 2 aromatic heterocycles. The van der Waals surface area contributed by atoms with Crippen molar-refractivity contribution < 1.29 is 18.3 Å². The topological polar surface area (TPSA) is 128 Å². The van der Waals surface area contributed by atoms with Gasteiger partial charge < -0.3 is 10.1 Å². The largest absolute Gasteiger partial charge is 0.485 e. The van der Waals surface area contributed by atoms with Crippen molar-refractivity contribution in [2.24, 2.45) is 5.11 Å². The number of ether oxygens (including phenoxy) is 1. The third-order valence-electron chi connectivity index (χ3n) is 4.68. The number of nitrogens with one attached hydrogen (secondary N) is 1. The van der Waals surface area contributed by atoms with Crippen LogP contribution in [-0.2, 0) is 6.61 Å². The van der Waals surface area contributed by atoms with Crippen LogP contribution in [0.4, 0.5) is 8.78 Å². The van der Waals surface area contributed by atoms with Crippen LogP contribution in [-0.4, -0.2) is 27.9 Å². The number of benzene rings is 1. The molecule has 0 saturated carbocycles. The van der Waals surface area contributed by atoms with Crippen LogP contribution in [0.5, 0.6) is 5.75 Å². The van der Waals surface area contributed by atoms with E-state index in [1.54, 1.807) is 26.1 Å². The SMILES string of the molecule is Cc1cc(OCc2c(F)cccc2F)c2nc(C)c(C(=O)NC(CC#N)CN=[N+]=[N-])n2c1. The van der Waals surface area contributed by atoms with E-state index in [1.165, 1.54) is 10.5 Å². The molecule has 0 saturated heterocycles. The first-order valence-corrected chi connectivity index (χ1v) is 9.59. The van der Waals surface area contributed by atoms with E-state index in [-0.39, 0.29) is 36.6 Å². The van der Waals surface area contributed by atoms with Gasteiger partial charge in [0.1, 0.15) is 23.9 Å². The van der Waals surface area contributed by atoms with Crippen molar-refractivity contribution in [2.45, 2.75) is 32.9 Å². The quantitative estimate of drug-likeness (QED) is 0.321. The highest BCUT2D eigenvalue weighted by molar-refractivity contribution is 5.95. The molecule has 1 N–H and O–H groups in total. The number of carbonyl (C=O) groups is 1. The summed E-state index contributed by atoms with van der Waals surface area (Å²) in [6.45, 7) is 2.96. The van der Waals surface area contributed by atoms with E-state index in [2.05, 4.69) is 20.3 Å². The Morgan fingerprint density at radius 1 is 1.41 bits per heavy atom. The molecule has 1 amide bonds. The highest BCUT2D eigenvalue weighted by Crippen LogP contribution is 2.26. The molecule has 1 unspecified atom stereocenters. The average Bonchev–Trinajstić information content (AvgIpc) is 3.07. The van der Waals surface area contributed by atoms with Gasteiger partial charge in [-0.3, -0.25) is 9.20 Å². The van der Waals surface area contributed by atoms with E-state index in [1.807, 2.05) is 6.07 Å². The number of fused-ring (bicyclic) bond motifs is 1. The van der Waals surface area contributed by atoms with Crippen LogP contribution in [0.25, 0.3) is 16.1 Å². The first kappa shape index (κ1) is 22.5. The summed E-state index contributed by atoms with van der Waals surface area (Å²) in [6.07, 6.45) is 1.63. The molecule has 9 nitrogen and oxygen atoms in total. The molecule has 164 valence electrons. The van der Waals surface area contributed by atoms with E-state index in [9.17, 15) is 13.6 Å². The van der Waals surface area contributed by atoms with E-state index >= 15 is 0 Å². The Bertz CT molecular complexity index is 1240. The van der Waals surface area contributed by atoms with E-state index < -0.39 is 23.6 Å². The molecule has 0 aliphatic carbocycles. The van der Waals surface area contributed by atoms with Crippen LogP contribution >= 0.6 is 0 Å². The lowest BCUT2D eigenvalue weighted by atomic mass is 10.2. The summed E-state index contributed by atoms with van der Waals surface area (Å²) in [6, 6.07) is 6.48. The summed E-state index contributed by atoms with van der Waals surface area (Å²) in [5, 5.41) is 15.0. The summed E-state index contributed by atoms with van der Waals surface area (Å²) in [4.78, 5) is 20.0. The Kier molecular flexibility index (Phi) is 6.87. The smallest absolute Gasteiger partial charge is 0.270 e. The normalized spacial score (nSPS) is 11.5. The molecule has 0 bridgehead atoms. The van der Waals surface area contributed by atoms with Gasteiger partial charge in [0.25, 0.3) is 5.91 Å². The molecule has 0 spiro atoms. The van der Waals surface area contributed by atoms with Crippen LogP contribution in [0.2, 0.25) is 0 Å². The molecule has 0 aliphatic rings. The summed E-state index contributed by atoms with van der Waals surface area (Å²) >= 11 is 0. The third kappa shape index (κ3) is 4.77. The van der Waals surface area contributed by atoms with Crippen molar-refractivity contribution in [3.63, 3.8) is 0 Å². The summed E-state index contributed by atoms with van der Waals surface area (Å²) in [5.74, 6) is -1.72. The minimum atomic E-state index is -0.725. The van der Waals surface area contributed by atoms with Crippen LogP contribution in [0.3, 0.4) is 0 Å². The highest BCUT2D eigenvalue weighted by atomic mass is 19.1. The number of carbonyl (C=O) groups excluding carboxylic acids is 1. The maximum Gasteiger partial charge on any atom is 0.270 e. The number of nitriles is 1. The van der Waals surface area contributed by atoms with Gasteiger partial charge in [0.15, 0.2) is 11.4 Å². The summed E-state index contributed by atoms with van der Waals surface area (Å²) < 4.78 is 35.1. The molecule has 1 aromatic carbocycles. The zero-order valence-electron chi connectivity index (χ0n) is 17.3. The van der Waals surface area contributed by atoms with Gasteiger partial charge in [-0.25, -0.2) is 13.8 Å². The molecule has 3 aromatic rings. The van der Waals surface area contributed by atoms with Gasteiger partial charge in [-0.2, -0.15) is 5.26 Å². The number of aromatic nitrogens is 2. The van der Waals surface area contributed by atoms with Gasteiger partial charge in [0, 0.05) is 23.7 Å². The van der Waals surface area contributed by atoms with Gasteiger partial charge in [-0.05, 0) is 43.1 Å². The average molecular weight is 439 g/mol. The number of rotatable bonds is 8. The molecular weight excluding hydrogens is 420 g/mol. The number of nitrogens with zero attached hydrogens (tertiary/aromatic N) is 6. The van der Waals surface area contributed by atoms with Crippen molar-refractivity contribution >= 4 is 11.6 Å². The summed E-state index contributed by atoms with van der Waals surface area (Å²) in [7, 11) is 0. The number of aryl methyl sites for hydroxylation is 2. The Balaban J connectivity index is 1.94. The second-order valence-corrected chi connectivity index (χ2v) is 7.06. The lowest BCUT2D eigenvalue weighted by molar-refractivity contribution is 0.0932. The minimum Gasteiger partial charge on any atom is -0.485 e. The first-order chi connectivity index (χ1) is 15.3. The molecule has 11 heteroatoms. The predicted octanol–water partition coefficient (Wildman–Crippen LogP) is 4.13. The second-order valence-electron chi connectivity index (χ2n) is 7.06.